The van der Waals surface area contributed by atoms with Gasteiger partial charge in [-0.05, 0) is 24.3 Å². The van der Waals surface area contributed by atoms with Gasteiger partial charge in [0, 0.05) is 0 Å². The van der Waals surface area contributed by atoms with Gasteiger partial charge in [-0.25, -0.2) is 16.8 Å². The Kier molecular flexibility index (Phi) is 5.75. The summed E-state index contributed by atoms with van der Waals surface area (Å²) in [6.07, 6.45) is 0. The van der Waals surface area contributed by atoms with E-state index in [0.29, 0.717) is 0 Å². The summed E-state index contributed by atoms with van der Waals surface area (Å²) in [6.45, 7) is 0. The monoisotopic (exact) mass is 474 g/mol. The summed E-state index contributed by atoms with van der Waals surface area (Å²) in [5.41, 5.74) is 0. The maximum Gasteiger partial charge on any atom is 0.377 e. The number of hydrogen-bond donors (Lipinski definition) is 2. The van der Waals surface area contributed by atoms with E-state index in [-0.39, 0.29) is 0 Å². The van der Waals surface area contributed by atoms with Crippen LogP contribution in [-0.4, -0.2) is 42.8 Å². The van der Waals surface area contributed by atoms with Crippen LogP contribution < -0.4 is 9.78 Å². The lowest BCUT2D eigenvalue weighted by Crippen LogP contribution is -2.18. The second-order valence-electron chi connectivity index (χ2n) is 4.82. The van der Waals surface area contributed by atoms with Crippen molar-refractivity contribution in [3.8, 4) is 11.5 Å². The average molecular weight is 474 g/mol. The maximum absolute atomic E-state index is 11.9. The first kappa shape index (κ1) is 22.1. The molecule has 16 heteroatoms. The van der Waals surface area contributed by atoms with Gasteiger partial charge in [0.05, 0.1) is 0 Å². The van der Waals surface area contributed by atoms with E-state index in [1.165, 1.54) is 12.1 Å². The van der Waals surface area contributed by atoms with Crippen molar-refractivity contribution in [3.05, 3.63) is 48.5 Å². The topological polar surface area (TPSA) is 195 Å². The summed E-state index contributed by atoms with van der Waals surface area (Å²) < 4.78 is 109. The molecule has 2 N–H and O–H groups in total. The van der Waals surface area contributed by atoms with Crippen LogP contribution in [0.5, 0.6) is 11.5 Å². The molecule has 0 unspecified atom stereocenters. The highest BCUT2D eigenvalue weighted by Crippen LogP contribution is 2.31. The summed E-state index contributed by atoms with van der Waals surface area (Å²) in [5.74, 6) is -1.53. The van der Waals surface area contributed by atoms with E-state index in [1.54, 1.807) is 0 Å². The van der Waals surface area contributed by atoms with E-state index >= 15 is 0 Å². The standard InChI is InChI=1S/C12H10O12S4/c13-25(14,27(17,18)19)11-7-3-1-5-9(11)23-24-10-6-2-4-8-12(10)26(15,16)28(20,21)22/h1-8H,(H,17,18,19)(H,20,21,22). The Hall–Kier alpha value is -2.24. The summed E-state index contributed by atoms with van der Waals surface area (Å²) in [5, 5.41) is 0. The predicted molar refractivity (Wildman–Crippen MR) is 91.6 cm³/mol. The molecule has 2 aromatic rings. The molecule has 0 aliphatic heterocycles. The molecule has 0 amide bonds. The number of rotatable bonds is 7. The van der Waals surface area contributed by atoms with Crippen LogP contribution in [-0.2, 0) is 36.0 Å². The zero-order valence-electron chi connectivity index (χ0n) is 13.2. The third-order valence-electron chi connectivity index (χ3n) is 3.01. The molecule has 0 aliphatic carbocycles. The molecule has 0 fully saturated rings. The van der Waals surface area contributed by atoms with Crippen molar-refractivity contribution >= 4 is 36.0 Å². The Morgan fingerprint density at radius 3 is 1.11 bits per heavy atom. The molecule has 0 atom stereocenters. The third-order valence-corrected chi connectivity index (χ3v) is 10.3. The SMILES string of the molecule is O=S(=O)(O)S(=O)(=O)c1ccccc1OOc1ccccc1S(=O)(=O)S(=O)(=O)O. The van der Waals surface area contributed by atoms with E-state index < -0.39 is 57.3 Å². The molecule has 0 bridgehead atoms. The van der Waals surface area contributed by atoms with Crippen LogP contribution in [0.3, 0.4) is 0 Å². The molecule has 0 aliphatic rings. The Morgan fingerprint density at radius 1 is 0.536 bits per heavy atom. The highest BCUT2D eigenvalue weighted by Gasteiger charge is 2.35. The largest absolute Gasteiger partial charge is 0.377 e. The molecule has 0 heterocycles. The fraction of sp³-hybridized carbons (Fsp3) is 0. The molecule has 0 spiro atoms. The van der Waals surface area contributed by atoms with Crippen molar-refractivity contribution in [2.45, 2.75) is 9.79 Å². The Bertz CT molecular complexity index is 1220. The van der Waals surface area contributed by atoms with Gasteiger partial charge >= 0.3 is 36.0 Å². The van der Waals surface area contributed by atoms with Gasteiger partial charge in [0.2, 0.25) is 0 Å². The molecule has 0 saturated heterocycles. The van der Waals surface area contributed by atoms with Gasteiger partial charge in [0.1, 0.15) is 9.79 Å². The first-order valence-electron chi connectivity index (χ1n) is 6.67. The van der Waals surface area contributed by atoms with Crippen molar-refractivity contribution in [2.75, 3.05) is 0 Å². The highest BCUT2D eigenvalue weighted by molar-refractivity contribution is 8.65. The zero-order valence-corrected chi connectivity index (χ0v) is 16.5. The van der Waals surface area contributed by atoms with E-state index in [2.05, 4.69) is 9.78 Å². The molecule has 2 rings (SSSR count). The molecule has 154 valence electrons. The molecular weight excluding hydrogens is 464 g/mol. The summed E-state index contributed by atoms with van der Waals surface area (Å²) >= 11 is 0. The first-order valence-corrected chi connectivity index (χ1v) is 13.5. The van der Waals surface area contributed by atoms with Gasteiger partial charge < -0.3 is 0 Å². The van der Waals surface area contributed by atoms with Crippen molar-refractivity contribution in [1.82, 2.24) is 0 Å². The van der Waals surface area contributed by atoms with E-state index in [0.717, 1.165) is 36.4 Å². The van der Waals surface area contributed by atoms with Crippen LogP contribution in [0.15, 0.2) is 58.3 Å². The van der Waals surface area contributed by atoms with Gasteiger partial charge in [0.15, 0.2) is 11.5 Å². The number of para-hydroxylation sites is 2. The Morgan fingerprint density at radius 2 is 0.821 bits per heavy atom. The number of hydrogen-bond acceptors (Lipinski definition) is 10. The minimum Gasteiger partial charge on any atom is -0.288 e. The molecule has 12 nitrogen and oxygen atoms in total. The van der Waals surface area contributed by atoms with Crippen molar-refractivity contribution in [1.29, 1.82) is 0 Å². The first-order chi connectivity index (χ1) is 12.7. The van der Waals surface area contributed by atoms with Gasteiger partial charge in [-0.3, -0.25) is 18.9 Å². The van der Waals surface area contributed by atoms with Crippen LogP contribution in [0.1, 0.15) is 0 Å². The summed E-state index contributed by atoms with van der Waals surface area (Å²) in [4.78, 5) is 7.25. The van der Waals surface area contributed by atoms with Gasteiger partial charge in [-0.2, -0.15) is 16.8 Å². The highest BCUT2D eigenvalue weighted by atomic mass is 33.2. The fourth-order valence-electron chi connectivity index (χ4n) is 1.77. The lowest BCUT2D eigenvalue weighted by atomic mass is 10.3. The lowest BCUT2D eigenvalue weighted by Gasteiger charge is -2.11. The minimum atomic E-state index is -5.58. The van der Waals surface area contributed by atoms with Gasteiger partial charge in [-0.15, -0.1) is 0 Å². The minimum absolute atomic E-state index is 0.753. The zero-order chi connectivity index (χ0) is 21.4. The van der Waals surface area contributed by atoms with Crippen LogP contribution in [0.4, 0.5) is 0 Å². The molecule has 0 saturated carbocycles. The Balaban J connectivity index is 2.50. The van der Waals surface area contributed by atoms with Gasteiger partial charge in [0.25, 0.3) is 0 Å². The van der Waals surface area contributed by atoms with E-state index in [9.17, 15) is 33.7 Å². The van der Waals surface area contributed by atoms with Crippen molar-refractivity contribution in [3.63, 3.8) is 0 Å². The number of benzene rings is 2. The van der Waals surface area contributed by atoms with Crippen LogP contribution in [0.25, 0.3) is 0 Å². The van der Waals surface area contributed by atoms with Crippen molar-refractivity contribution in [2.24, 2.45) is 0 Å². The normalized spacial score (nSPS) is 13.1. The van der Waals surface area contributed by atoms with Crippen LogP contribution >= 0.6 is 0 Å². The smallest absolute Gasteiger partial charge is 0.288 e. The second-order valence-corrected chi connectivity index (χ2v) is 14.4. The fourth-order valence-corrected chi connectivity index (χ4v) is 5.60. The van der Waals surface area contributed by atoms with Crippen molar-refractivity contribution < 1.29 is 52.6 Å². The Labute approximate surface area is 158 Å². The molecular formula is C12H10O12S4. The third kappa shape index (κ3) is 4.10. The lowest BCUT2D eigenvalue weighted by molar-refractivity contribution is -0.105. The second kappa shape index (κ2) is 7.30. The maximum atomic E-state index is 11.9. The molecule has 2 aromatic carbocycles. The summed E-state index contributed by atoms with van der Waals surface area (Å²) in [7, 11) is -21.8. The quantitative estimate of drug-likeness (QED) is 0.240. The predicted octanol–water partition coefficient (Wildman–Crippen LogP) is 0.212. The average Bonchev–Trinajstić information content (AvgIpc) is 2.58. The summed E-state index contributed by atoms with van der Waals surface area (Å²) in [6, 6.07) is 7.93. The van der Waals surface area contributed by atoms with Crippen LogP contribution in [0, 0.1) is 0 Å². The molecule has 0 aromatic heterocycles. The van der Waals surface area contributed by atoms with Gasteiger partial charge in [-0.1, -0.05) is 24.3 Å². The van der Waals surface area contributed by atoms with Crippen LogP contribution in [0.2, 0.25) is 0 Å². The van der Waals surface area contributed by atoms with E-state index in [4.69, 9.17) is 9.11 Å². The van der Waals surface area contributed by atoms with E-state index in [1.807, 2.05) is 0 Å². The molecule has 28 heavy (non-hydrogen) atoms. The molecule has 0 radical (unpaired) electrons.